The summed E-state index contributed by atoms with van der Waals surface area (Å²) < 4.78 is 4.71. The van der Waals surface area contributed by atoms with Gasteiger partial charge in [-0.3, -0.25) is 0 Å². The Labute approximate surface area is 118 Å². The van der Waals surface area contributed by atoms with Crippen LogP contribution >= 0.6 is 11.8 Å². The second kappa shape index (κ2) is 7.31. The molecule has 4 nitrogen and oxygen atoms in total. The summed E-state index contributed by atoms with van der Waals surface area (Å²) in [6.07, 6.45) is 2.52. The molecule has 1 N–H and O–H groups in total. The molecule has 0 bridgehead atoms. The lowest BCUT2D eigenvalue weighted by molar-refractivity contribution is 0.412. The topological polar surface area (TPSA) is 51.0 Å². The zero-order chi connectivity index (χ0) is 13.5. The molecule has 1 aromatic heterocycles. The second-order valence-electron chi connectivity index (χ2n) is 4.38. The van der Waals surface area contributed by atoms with Crippen LogP contribution in [0.25, 0.3) is 0 Å². The van der Waals surface area contributed by atoms with E-state index < -0.39 is 0 Å². The van der Waals surface area contributed by atoms with Gasteiger partial charge in [0.15, 0.2) is 5.82 Å². The van der Waals surface area contributed by atoms with Crippen molar-refractivity contribution in [3.05, 3.63) is 42.0 Å². The summed E-state index contributed by atoms with van der Waals surface area (Å²) in [5.74, 6) is 1.46. The molecule has 1 heterocycles. The van der Waals surface area contributed by atoms with E-state index in [-0.39, 0.29) is 0 Å². The first kappa shape index (κ1) is 14.1. The third-order valence-corrected chi connectivity index (χ3v) is 3.86. The number of nitrogens with zero attached hydrogens (tertiary/aromatic N) is 2. The minimum absolute atomic E-state index is 0.399. The van der Waals surface area contributed by atoms with Gasteiger partial charge in [0.1, 0.15) is 0 Å². The van der Waals surface area contributed by atoms with Gasteiger partial charge in [-0.25, -0.2) is 0 Å². The Hall–Kier alpha value is -1.33. The van der Waals surface area contributed by atoms with E-state index in [9.17, 15) is 0 Å². The van der Waals surface area contributed by atoms with E-state index in [4.69, 9.17) is 4.52 Å². The standard InChI is InChI=1S/C14H19N3OS/c1-3-8-15-11(2)12-4-6-13(7-5-12)19-9-14-16-10-18-17-14/h4-7,10-11,15H,3,8-9H2,1-2H3. The Balaban J connectivity index is 1.87. The molecule has 0 spiro atoms. The highest BCUT2D eigenvalue weighted by Crippen LogP contribution is 2.23. The number of nitrogens with one attached hydrogen (secondary N) is 1. The van der Waals surface area contributed by atoms with Gasteiger partial charge in [0.05, 0.1) is 5.75 Å². The quantitative estimate of drug-likeness (QED) is 0.786. The van der Waals surface area contributed by atoms with Crippen molar-refractivity contribution in [1.82, 2.24) is 15.5 Å². The van der Waals surface area contributed by atoms with Crippen LogP contribution < -0.4 is 5.32 Å². The molecule has 1 unspecified atom stereocenters. The molecule has 2 aromatic rings. The van der Waals surface area contributed by atoms with E-state index in [1.165, 1.54) is 16.9 Å². The second-order valence-corrected chi connectivity index (χ2v) is 5.43. The Bertz CT molecular complexity index is 470. The third-order valence-electron chi connectivity index (χ3n) is 2.86. The molecule has 102 valence electrons. The molecule has 1 aromatic carbocycles. The van der Waals surface area contributed by atoms with Gasteiger partial charge in [-0.05, 0) is 37.6 Å². The zero-order valence-electron chi connectivity index (χ0n) is 11.3. The molecular weight excluding hydrogens is 258 g/mol. The van der Waals surface area contributed by atoms with E-state index in [1.54, 1.807) is 11.8 Å². The molecule has 1 atom stereocenters. The number of hydrogen-bond acceptors (Lipinski definition) is 5. The van der Waals surface area contributed by atoms with Gasteiger partial charge in [-0.1, -0.05) is 24.2 Å². The van der Waals surface area contributed by atoms with Crippen LogP contribution in [0.4, 0.5) is 0 Å². The van der Waals surface area contributed by atoms with Crippen molar-refractivity contribution in [2.45, 2.75) is 37.0 Å². The van der Waals surface area contributed by atoms with E-state index >= 15 is 0 Å². The van der Waals surface area contributed by atoms with Crippen LogP contribution in [0.15, 0.2) is 40.1 Å². The number of thioether (sulfide) groups is 1. The summed E-state index contributed by atoms with van der Waals surface area (Å²) in [6, 6.07) is 9.03. The molecule has 0 saturated carbocycles. The first-order chi connectivity index (χ1) is 9.29. The summed E-state index contributed by atoms with van der Waals surface area (Å²) >= 11 is 1.71. The third kappa shape index (κ3) is 4.36. The van der Waals surface area contributed by atoms with Crippen LogP contribution in [-0.4, -0.2) is 16.7 Å². The number of benzene rings is 1. The van der Waals surface area contributed by atoms with Gasteiger partial charge >= 0.3 is 0 Å². The van der Waals surface area contributed by atoms with Gasteiger partial charge in [-0.15, -0.1) is 11.8 Å². The predicted octanol–water partition coefficient (Wildman–Crippen LogP) is 3.42. The van der Waals surface area contributed by atoms with Crippen molar-refractivity contribution < 1.29 is 4.52 Å². The lowest BCUT2D eigenvalue weighted by atomic mass is 10.1. The number of hydrogen-bond donors (Lipinski definition) is 1. The molecule has 0 aliphatic heterocycles. The summed E-state index contributed by atoms with van der Waals surface area (Å²) in [5, 5.41) is 7.28. The van der Waals surface area contributed by atoms with Crippen molar-refractivity contribution >= 4 is 11.8 Å². The maximum absolute atomic E-state index is 4.71. The molecule has 0 amide bonds. The van der Waals surface area contributed by atoms with Crippen LogP contribution in [-0.2, 0) is 5.75 Å². The number of aromatic nitrogens is 2. The average molecular weight is 277 g/mol. The summed E-state index contributed by atoms with van der Waals surface area (Å²) in [5.41, 5.74) is 1.32. The Morgan fingerprint density at radius 1 is 1.32 bits per heavy atom. The van der Waals surface area contributed by atoms with Crippen LogP contribution in [0, 0.1) is 0 Å². The summed E-state index contributed by atoms with van der Waals surface area (Å²) in [6.45, 7) is 5.42. The van der Waals surface area contributed by atoms with Gasteiger partial charge < -0.3 is 9.84 Å². The Kier molecular flexibility index (Phi) is 5.42. The van der Waals surface area contributed by atoms with Crippen molar-refractivity contribution in [3.63, 3.8) is 0 Å². The maximum atomic E-state index is 4.71. The highest BCUT2D eigenvalue weighted by atomic mass is 32.2. The molecule has 0 radical (unpaired) electrons. The SMILES string of the molecule is CCCNC(C)c1ccc(SCc2ncon2)cc1. The van der Waals surface area contributed by atoms with E-state index in [2.05, 4.69) is 53.6 Å². The van der Waals surface area contributed by atoms with Gasteiger partial charge in [0.2, 0.25) is 6.39 Å². The smallest absolute Gasteiger partial charge is 0.213 e. The van der Waals surface area contributed by atoms with E-state index in [0.717, 1.165) is 24.5 Å². The lowest BCUT2D eigenvalue weighted by Crippen LogP contribution is -2.19. The molecule has 2 rings (SSSR count). The maximum Gasteiger partial charge on any atom is 0.213 e. The fourth-order valence-electron chi connectivity index (χ4n) is 1.74. The molecule has 0 saturated heterocycles. The van der Waals surface area contributed by atoms with Crippen LogP contribution in [0.5, 0.6) is 0 Å². The average Bonchev–Trinajstić information content (AvgIpc) is 2.96. The van der Waals surface area contributed by atoms with Gasteiger partial charge in [-0.2, -0.15) is 4.98 Å². The van der Waals surface area contributed by atoms with Gasteiger partial charge in [0.25, 0.3) is 0 Å². The fourth-order valence-corrected chi connectivity index (χ4v) is 2.49. The first-order valence-corrected chi connectivity index (χ1v) is 7.49. The minimum Gasteiger partial charge on any atom is -0.343 e. The molecule has 0 aliphatic carbocycles. The lowest BCUT2D eigenvalue weighted by Gasteiger charge is -2.13. The summed E-state index contributed by atoms with van der Waals surface area (Å²) in [4.78, 5) is 5.22. The Morgan fingerprint density at radius 3 is 2.74 bits per heavy atom. The fraction of sp³-hybridized carbons (Fsp3) is 0.429. The highest BCUT2D eigenvalue weighted by Gasteiger charge is 2.05. The summed E-state index contributed by atoms with van der Waals surface area (Å²) in [7, 11) is 0. The largest absolute Gasteiger partial charge is 0.343 e. The zero-order valence-corrected chi connectivity index (χ0v) is 12.1. The van der Waals surface area contributed by atoms with Crippen LogP contribution in [0.2, 0.25) is 0 Å². The van der Waals surface area contributed by atoms with Crippen molar-refractivity contribution in [3.8, 4) is 0 Å². The van der Waals surface area contributed by atoms with Gasteiger partial charge in [0, 0.05) is 10.9 Å². The van der Waals surface area contributed by atoms with Crippen molar-refractivity contribution in [2.75, 3.05) is 6.54 Å². The van der Waals surface area contributed by atoms with Crippen molar-refractivity contribution in [1.29, 1.82) is 0 Å². The number of rotatable bonds is 7. The van der Waals surface area contributed by atoms with E-state index in [1.807, 2.05) is 0 Å². The normalized spacial score (nSPS) is 12.5. The molecule has 0 aliphatic rings. The minimum atomic E-state index is 0.399. The van der Waals surface area contributed by atoms with Crippen molar-refractivity contribution in [2.24, 2.45) is 0 Å². The Morgan fingerprint density at radius 2 is 2.11 bits per heavy atom. The first-order valence-electron chi connectivity index (χ1n) is 6.51. The molecular formula is C14H19N3OS. The highest BCUT2D eigenvalue weighted by molar-refractivity contribution is 7.98. The van der Waals surface area contributed by atoms with Crippen LogP contribution in [0.1, 0.15) is 37.7 Å². The molecule has 0 fully saturated rings. The monoisotopic (exact) mass is 277 g/mol. The molecule has 5 heteroatoms. The van der Waals surface area contributed by atoms with Crippen LogP contribution in [0.3, 0.4) is 0 Å². The molecule has 19 heavy (non-hydrogen) atoms. The van der Waals surface area contributed by atoms with E-state index in [0.29, 0.717) is 6.04 Å². The predicted molar refractivity (Wildman–Crippen MR) is 77.0 cm³/mol.